The van der Waals surface area contributed by atoms with Gasteiger partial charge in [-0.15, -0.1) is 0 Å². The third-order valence-electron chi connectivity index (χ3n) is 2.95. The topological polar surface area (TPSA) is 67.1 Å². The second-order valence-electron chi connectivity index (χ2n) is 4.03. The molecule has 1 aromatic heterocycles. The van der Waals surface area contributed by atoms with Crippen molar-refractivity contribution in [3.05, 3.63) is 11.8 Å². The Hall–Kier alpha value is -1.36. The van der Waals surface area contributed by atoms with Crippen molar-refractivity contribution in [3.63, 3.8) is 0 Å². The van der Waals surface area contributed by atoms with Crippen LogP contribution in [0.25, 0.3) is 0 Å². The number of hydrazine groups is 1. The standard InChI is InChI=1S/C10H17N5/c1-7-6-9(13-10(12-7)14-11)15(2)8-4-3-5-8/h6,8H,3-5,11H2,1-2H3,(H,12,13,14). The van der Waals surface area contributed by atoms with Crippen molar-refractivity contribution in [1.82, 2.24) is 9.97 Å². The summed E-state index contributed by atoms with van der Waals surface area (Å²) in [6.45, 7) is 1.95. The summed E-state index contributed by atoms with van der Waals surface area (Å²) in [5.41, 5.74) is 3.42. The number of aryl methyl sites for hydroxylation is 1. The van der Waals surface area contributed by atoms with Gasteiger partial charge in [0.25, 0.3) is 0 Å². The minimum absolute atomic E-state index is 0.483. The van der Waals surface area contributed by atoms with Crippen LogP contribution >= 0.6 is 0 Å². The van der Waals surface area contributed by atoms with Gasteiger partial charge >= 0.3 is 0 Å². The fourth-order valence-electron chi connectivity index (χ4n) is 1.76. The molecule has 0 amide bonds. The first-order valence-corrected chi connectivity index (χ1v) is 5.26. The predicted octanol–water partition coefficient (Wildman–Crippen LogP) is 1.06. The summed E-state index contributed by atoms with van der Waals surface area (Å²) < 4.78 is 0. The summed E-state index contributed by atoms with van der Waals surface area (Å²) in [6, 6.07) is 2.61. The average molecular weight is 207 g/mol. The molecular weight excluding hydrogens is 190 g/mol. The lowest BCUT2D eigenvalue weighted by atomic mass is 9.92. The molecule has 5 heteroatoms. The van der Waals surface area contributed by atoms with Crippen LogP contribution in [-0.2, 0) is 0 Å². The first-order valence-electron chi connectivity index (χ1n) is 5.26. The minimum Gasteiger partial charge on any atom is -0.357 e. The van der Waals surface area contributed by atoms with E-state index in [1.54, 1.807) is 0 Å². The lowest BCUT2D eigenvalue weighted by Crippen LogP contribution is -2.37. The van der Waals surface area contributed by atoms with Crippen molar-refractivity contribution in [3.8, 4) is 0 Å². The molecule has 1 saturated carbocycles. The van der Waals surface area contributed by atoms with Gasteiger partial charge in [0.05, 0.1) is 0 Å². The summed E-state index contributed by atoms with van der Waals surface area (Å²) in [6.07, 6.45) is 3.83. The second kappa shape index (κ2) is 4.02. The molecule has 1 aliphatic carbocycles. The number of rotatable bonds is 3. The lowest BCUT2D eigenvalue weighted by Gasteiger charge is -2.35. The number of nitrogens with zero attached hydrogens (tertiary/aromatic N) is 3. The maximum atomic E-state index is 5.32. The molecule has 0 atom stereocenters. The molecule has 0 spiro atoms. The summed E-state index contributed by atoms with van der Waals surface area (Å²) >= 11 is 0. The lowest BCUT2D eigenvalue weighted by molar-refractivity contribution is 0.399. The molecule has 82 valence electrons. The zero-order valence-electron chi connectivity index (χ0n) is 9.20. The van der Waals surface area contributed by atoms with E-state index >= 15 is 0 Å². The summed E-state index contributed by atoms with van der Waals surface area (Å²) in [7, 11) is 2.08. The minimum atomic E-state index is 0.483. The molecule has 0 aliphatic heterocycles. The summed E-state index contributed by atoms with van der Waals surface area (Å²) in [4.78, 5) is 10.7. The van der Waals surface area contributed by atoms with Crippen molar-refractivity contribution < 1.29 is 0 Å². The number of nitrogens with one attached hydrogen (secondary N) is 1. The van der Waals surface area contributed by atoms with Crippen molar-refractivity contribution in [2.45, 2.75) is 32.2 Å². The SMILES string of the molecule is Cc1cc(N(C)C2CCC2)nc(NN)n1. The highest BCUT2D eigenvalue weighted by Crippen LogP contribution is 2.27. The van der Waals surface area contributed by atoms with Crippen LogP contribution in [0.3, 0.4) is 0 Å². The molecule has 2 rings (SSSR count). The summed E-state index contributed by atoms with van der Waals surface area (Å²) in [5.74, 6) is 6.74. The Kier molecular flexibility index (Phi) is 2.73. The molecule has 1 aliphatic rings. The van der Waals surface area contributed by atoms with Gasteiger partial charge in [-0.05, 0) is 26.2 Å². The molecule has 0 aromatic carbocycles. The van der Waals surface area contributed by atoms with Crippen molar-refractivity contribution >= 4 is 11.8 Å². The zero-order chi connectivity index (χ0) is 10.8. The van der Waals surface area contributed by atoms with E-state index in [9.17, 15) is 0 Å². The molecule has 15 heavy (non-hydrogen) atoms. The van der Waals surface area contributed by atoms with E-state index in [0.717, 1.165) is 11.5 Å². The molecule has 0 unspecified atom stereocenters. The maximum absolute atomic E-state index is 5.32. The number of hydrogen-bond donors (Lipinski definition) is 2. The van der Waals surface area contributed by atoms with Crippen molar-refractivity contribution in [1.29, 1.82) is 0 Å². The number of nitrogens with two attached hydrogens (primary N) is 1. The Morgan fingerprint density at radius 3 is 2.73 bits per heavy atom. The normalized spacial score (nSPS) is 15.9. The smallest absolute Gasteiger partial charge is 0.239 e. The fourth-order valence-corrected chi connectivity index (χ4v) is 1.76. The first-order chi connectivity index (χ1) is 7.20. The predicted molar refractivity (Wildman–Crippen MR) is 60.6 cm³/mol. The Balaban J connectivity index is 2.22. The summed E-state index contributed by atoms with van der Waals surface area (Å²) in [5, 5.41) is 0. The first kappa shape index (κ1) is 10.2. The molecule has 5 nitrogen and oxygen atoms in total. The van der Waals surface area contributed by atoms with Gasteiger partial charge in [0, 0.05) is 24.8 Å². The quantitative estimate of drug-likeness (QED) is 0.573. The maximum Gasteiger partial charge on any atom is 0.239 e. The van der Waals surface area contributed by atoms with Crippen molar-refractivity contribution in [2.75, 3.05) is 17.4 Å². The van der Waals surface area contributed by atoms with Crippen LogP contribution < -0.4 is 16.2 Å². The average Bonchev–Trinajstić information content (AvgIpc) is 2.14. The van der Waals surface area contributed by atoms with Crippen molar-refractivity contribution in [2.24, 2.45) is 5.84 Å². The van der Waals surface area contributed by atoms with Crippen LogP contribution in [-0.4, -0.2) is 23.1 Å². The molecule has 1 aromatic rings. The van der Waals surface area contributed by atoms with Crippen LogP contribution in [0.1, 0.15) is 25.0 Å². The van der Waals surface area contributed by atoms with E-state index in [4.69, 9.17) is 5.84 Å². The van der Waals surface area contributed by atoms with E-state index in [1.165, 1.54) is 19.3 Å². The van der Waals surface area contributed by atoms with Gasteiger partial charge in [-0.25, -0.2) is 10.8 Å². The largest absolute Gasteiger partial charge is 0.357 e. The Morgan fingerprint density at radius 1 is 1.47 bits per heavy atom. The Morgan fingerprint density at radius 2 is 2.20 bits per heavy atom. The molecule has 1 fully saturated rings. The van der Waals surface area contributed by atoms with Gasteiger partial charge in [-0.2, -0.15) is 4.98 Å². The Labute approximate surface area is 89.7 Å². The second-order valence-corrected chi connectivity index (χ2v) is 4.03. The van der Waals surface area contributed by atoms with Crippen LogP contribution in [0.15, 0.2) is 6.07 Å². The van der Waals surface area contributed by atoms with Crippen LogP contribution in [0.5, 0.6) is 0 Å². The van der Waals surface area contributed by atoms with E-state index in [1.807, 2.05) is 13.0 Å². The Bertz CT molecular complexity index is 348. The van der Waals surface area contributed by atoms with E-state index < -0.39 is 0 Å². The van der Waals surface area contributed by atoms with Gasteiger partial charge in [-0.1, -0.05) is 0 Å². The highest BCUT2D eigenvalue weighted by Gasteiger charge is 2.23. The van der Waals surface area contributed by atoms with Crippen LogP contribution in [0.2, 0.25) is 0 Å². The number of anilines is 2. The van der Waals surface area contributed by atoms with Gasteiger partial charge < -0.3 is 4.90 Å². The molecule has 1 heterocycles. The van der Waals surface area contributed by atoms with Crippen LogP contribution in [0, 0.1) is 6.92 Å². The van der Waals surface area contributed by atoms with E-state index in [0.29, 0.717) is 12.0 Å². The monoisotopic (exact) mass is 207 g/mol. The third kappa shape index (κ3) is 2.02. The van der Waals surface area contributed by atoms with E-state index in [-0.39, 0.29) is 0 Å². The molecular formula is C10H17N5. The van der Waals surface area contributed by atoms with E-state index in [2.05, 4.69) is 27.3 Å². The zero-order valence-corrected chi connectivity index (χ0v) is 9.20. The van der Waals surface area contributed by atoms with Gasteiger partial charge in [0.15, 0.2) is 0 Å². The molecule has 0 saturated heterocycles. The molecule has 0 bridgehead atoms. The highest BCUT2D eigenvalue weighted by molar-refractivity contribution is 5.44. The fraction of sp³-hybridized carbons (Fsp3) is 0.600. The third-order valence-corrected chi connectivity index (χ3v) is 2.95. The number of nitrogen functional groups attached to an aromatic ring is 1. The highest BCUT2D eigenvalue weighted by atomic mass is 15.3. The van der Waals surface area contributed by atoms with Gasteiger partial charge in [0.2, 0.25) is 5.95 Å². The molecule has 3 N–H and O–H groups in total. The number of hydrogen-bond acceptors (Lipinski definition) is 5. The van der Waals surface area contributed by atoms with Gasteiger partial charge in [0.1, 0.15) is 5.82 Å². The van der Waals surface area contributed by atoms with Gasteiger partial charge in [-0.3, -0.25) is 5.43 Å². The molecule has 0 radical (unpaired) electrons. The number of aromatic nitrogens is 2. The van der Waals surface area contributed by atoms with Crippen LogP contribution in [0.4, 0.5) is 11.8 Å².